The van der Waals surface area contributed by atoms with Crippen LogP contribution in [0, 0.1) is 13.8 Å². The number of aliphatic hydroxyl groups is 1. The molecule has 8 heteroatoms. The van der Waals surface area contributed by atoms with E-state index in [9.17, 15) is 14.7 Å². The van der Waals surface area contributed by atoms with Crippen LogP contribution >= 0.6 is 11.3 Å². The molecule has 1 aromatic carbocycles. The Kier molecular flexibility index (Phi) is 7.14. The molecule has 0 saturated carbocycles. The van der Waals surface area contributed by atoms with Crippen molar-refractivity contribution in [3.05, 3.63) is 56.7 Å². The highest BCUT2D eigenvalue weighted by atomic mass is 32.1. The van der Waals surface area contributed by atoms with E-state index in [1.165, 1.54) is 17.8 Å². The Morgan fingerprint density at radius 1 is 1.15 bits per heavy atom. The molecule has 4 rings (SSSR count). The molecule has 0 aliphatic carbocycles. The third kappa shape index (κ3) is 4.82. The van der Waals surface area contributed by atoms with Gasteiger partial charge in [-0.15, -0.1) is 11.3 Å². The second-order valence-electron chi connectivity index (χ2n) is 8.54. The van der Waals surface area contributed by atoms with E-state index in [0.717, 1.165) is 42.3 Å². The number of benzene rings is 1. The second kappa shape index (κ2) is 10.1. The number of carbonyl (C=O) groups excluding carboxylic acids is 2. The van der Waals surface area contributed by atoms with E-state index in [2.05, 4.69) is 9.88 Å². The molecule has 2 aromatic rings. The molecule has 1 fully saturated rings. The highest BCUT2D eigenvalue weighted by Gasteiger charge is 2.44. The molecular weight excluding hydrogens is 438 g/mol. The van der Waals surface area contributed by atoms with Crippen molar-refractivity contribution in [2.75, 3.05) is 32.8 Å². The Morgan fingerprint density at radius 2 is 1.85 bits per heavy atom. The summed E-state index contributed by atoms with van der Waals surface area (Å²) in [5, 5.41) is 11.7. The molecule has 2 aliphatic heterocycles. The molecule has 0 radical (unpaired) electrons. The van der Waals surface area contributed by atoms with E-state index >= 15 is 0 Å². The number of Topliss-reactive ketones (excluding diaryl/α,β-unsaturated/α-hetero) is 1. The minimum Gasteiger partial charge on any atom is -0.503 e. The van der Waals surface area contributed by atoms with Gasteiger partial charge in [0.15, 0.2) is 5.76 Å². The number of carbonyl (C=O) groups is 2. The van der Waals surface area contributed by atoms with Gasteiger partial charge in [0.25, 0.3) is 5.91 Å². The largest absolute Gasteiger partial charge is 0.503 e. The third-order valence-electron chi connectivity index (χ3n) is 6.27. The van der Waals surface area contributed by atoms with Crippen molar-refractivity contribution < 1.29 is 19.4 Å². The Hall–Kier alpha value is -2.71. The topological polar surface area (TPSA) is 83.0 Å². The first-order valence-corrected chi connectivity index (χ1v) is 12.4. The molecule has 3 heterocycles. The van der Waals surface area contributed by atoms with Crippen LogP contribution < -0.4 is 4.74 Å². The summed E-state index contributed by atoms with van der Waals surface area (Å²) in [5.41, 5.74) is 1.53. The number of nitrogens with zero attached hydrogens (tertiary/aromatic N) is 3. The average molecular weight is 470 g/mol. The lowest BCUT2D eigenvalue weighted by molar-refractivity contribution is -0.129. The van der Waals surface area contributed by atoms with Gasteiger partial charge in [0, 0.05) is 13.1 Å². The van der Waals surface area contributed by atoms with Gasteiger partial charge in [-0.2, -0.15) is 0 Å². The van der Waals surface area contributed by atoms with E-state index in [4.69, 9.17) is 4.74 Å². The van der Waals surface area contributed by atoms with Gasteiger partial charge in [-0.1, -0.05) is 18.6 Å². The van der Waals surface area contributed by atoms with Crippen LogP contribution in [0.25, 0.3) is 0 Å². The SMILES string of the molecule is CCOc1ccc(C2C(C(=O)c3sc(C)nc3C)=C(O)C(=O)N2CCN2CCCCC2)cc1. The van der Waals surface area contributed by atoms with Gasteiger partial charge in [-0.25, -0.2) is 4.98 Å². The number of hydrogen-bond donors (Lipinski definition) is 1. The first kappa shape index (κ1) is 23.4. The van der Waals surface area contributed by atoms with Crippen LogP contribution in [0.2, 0.25) is 0 Å². The summed E-state index contributed by atoms with van der Waals surface area (Å²) >= 11 is 1.29. The minimum atomic E-state index is -0.646. The van der Waals surface area contributed by atoms with Crippen molar-refractivity contribution in [2.45, 2.75) is 46.1 Å². The van der Waals surface area contributed by atoms with E-state index in [1.54, 1.807) is 11.8 Å². The summed E-state index contributed by atoms with van der Waals surface area (Å²) in [6.45, 7) is 9.29. The summed E-state index contributed by atoms with van der Waals surface area (Å²) in [6.07, 6.45) is 3.56. The molecule has 1 saturated heterocycles. The van der Waals surface area contributed by atoms with Gasteiger partial charge in [0.1, 0.15) is 5.75 Å². The number of ketones is 1. The zero-order chi connectivity index (χ0) is 23.5. The maximum absolute atomic E-state index is 13.6. The molecular formula is C25H31N3O4S. The van der Waals surface area contributed by atoms with Crippen LogP contribution in [0.5, 0.6) is 5.75 Å². The van der Waals surface area contributed by atoms with Gasteiger partial charge in [-0.05, 0) is 64.4 Å². The number of thiazole rings is 1. The van der Waals surface area contributed by atoms with E-state index < -0.39 is 17.7 Å². The fourth-order valence-electron chi connectivity index (χ4n) is 4.67. The zero-order valence-corrected chi connectivity index (χ0v) is 20.3. The molecule has 176 valence electrons. The van der Waals surface area contributed by atoms with E-state index in [-0.39, 0.29) is 11.4 Å². The van der Waals surface area contributed by atoms with Crippen molar-refractivity contribution in [3.8, 4) is 5.75 Å². The number of aliphatic hydroxyl groups excluding tert-OH is 1. The standard InChI is InChI=1S/C25H31N3O4S/c1-4-32-19-10-8-18(9-11-19)21-20(22(29)24-16(2)26-17(3)33-24)23(30)25(31)28(21)15-14-27-12-6-5-7-13-27/h8-11,21,30H,4-7,12-15H2,1-3H3. The summed E-state index contributed by atoms with van der Waals surface area (Å²) in [4.78, 5) is 35.6. The van der Waals surface area contributed by atoms with E-state index in [0.29, 0.717) is 30.3 Å². The molecule has 1 unspecified atom stereocenters. The minimum absolute atomic E-state index is 0.134. The summed E-state index contributed by atoms with van der Waals surface area (Å²) in [5.74, 6) is -0.556. The second-order valence-corrected chi connectivity index (χ2v) is 9.75. The fourth-order valence-corrected chi connectivity index (χ4v) is 5.55. The third-order valence-corrected chi connectivity index (χ3v) is 7.34. The smallest absolute Gasteiger partial charge is 0.290 e. The normalized spacial score (nSPS) is 19.4. The number of ether oxygens (including phenoxy) is 1. The number of amides is 1. The molecule has 1 N–H and O–H groups in total. The molecule has 1 atom stereocenters. The molecule has 1 aromatic heterocycles. The number of rotatable bonds is 8. The Morgan fingerprint density at radius 3 is 2.45 bits per heavy atom. The quantitative estimate of drug-likeness (QED) is 0.583. The van der Waals surface area contributed by atoms with Gasteiger partial charge >= 0.3 is 0 Å². The summed E-state index contributed by atoms with van der Waals surface area (Å²) in [7, 11) is 0. The van der Waals surface area contributed by atoms with Crippen LogP contribution in [-0.2, 0) is 4.79 Å². The van der Waals surface area contributed by atoms with Crippen molar-refractivity contribution in [1.29, 1.82) is 0 Å². The van der Waals surface area contributed by atoms with Crippen LogP contribution in [0.15, 0.2) is 35.6 Å². The zero-order valence-electron chi connectivity index (χ0n) is 19.5. The molecule has 33 heavy (non-hydrogen) atoms. The summed E-state index contributed by atoms with van der Waals surface area (Å²) in [6, 6.07) is 6.77. The summed E-state index contributed by atoms with van der Waals surface area (Å²) < 4.78 is 5.56. The van der Waals surface area contributed by atoms with Crippen LogP contribution in [0.4, 0.5) is 0 Å². The predicted octanol–water partition coefficient (Wildman–Crippen LogP) is 4.22. The number of aromatic nitrogens is 1. The highest BCUT2D eigenvalue weighted by molar-refractivity contribution is 7.14. The van der Waals surface area contributed by atoms with Gasteiger partial charge in [0.2, 0.25) is 5.78 Å². The highest BCUT2D eigenvalue weighted by Crippen LogP contribution is 2.40. The first-order chi connectivity index (χ1) is 15.9. The van der Waals surface area contributed by atoms with Crippen LogP contribution in [-0.4, -0.2) is 64.4 Å². The van der Waals surface area contributed by atoms with Gasteiger partial charge in [0.05, 0.1) is 33.8 Å². The first-order valence-electron chi connectivity index (χ1n) is 11.6. The van der Waals surface area contributed by atoms with Crippen molar-refractivity contribution in [3.63, 3.8) is 0 Å². The van der Waals surface area contributed by atoms with Gasteiger partial charge in [-0.3, -0.25) is 9.59 Å². The van der Waals surface area contributed by atoms with E-state index in [1.807, 2.05) is 38.1 Å². The fraction of sp³-hybridized carbons (Fsp3) is 0.480. The Balaban J connectivity index is 1.68. The Bertz CT molecular complexity index is 1050. The lowest BCUT2D eigenvalue weighted by Crippen LogP contribution is -2.40. The van der Waals surface area contributed by atoms with Crippen LogP contribution in [0.3, 0.4) is 0 Å². The maximum Gasteiger partial charge on any atom is 0.290 e. The Labute approximate surface area is 198 Å². The number of likely N-dealkylation sites (tertiary alicyclic amines) is 1. The number of piperidine rings is 1. The van der Waals surface area contributed by atoms with Crippen molar-refractivity contribution in [1.82, 2.24) is 14.8 Å². The van der Waals surface area contributed by atoms with Crippen molar-refractivity contribution >= 4 is 23.0 Å². The van der Waals surface area contributed by atoms with Crippen molar-refractivity contribution in [2.24, 2.45) is 0 Å². The molecule has 0 bridgehead atoms. The average Bonchev–Trinajstić information content (AvgIpc) is 3.28. The van der Waals surface area contributed by atoms with Crippen LogP contribution in [0.1, 0.15) is 58.2 Å². The lowest BCUT2D eigenvalue weighted by Gasteiger charge is -2.31. The molecule has 0 spiro atoms. The predicted molar refractivity (Wildman–Crippen MR) is 128 cm³/mol. The molecule has 2 aliphatic rings. The number of aryl methyl sites for hydroxylation is 2. The molecule has 7 nitrogen and oxygen atoms in total. The monoisotopic (exact) mass is 469 g/mol. The maximum atomic E-state index is 13.6. The number of hydrogen-bond acceptors (Lipinski definition) is 7. The molecule has 1 amide bonds. The lowest BCUT2D eigenvalue weighted by atomic mass is 9.95. The van der Waals surface area contributed by atoms with Gasteiger partial charge < -0.3 is 19.6 Å².